The lowest BCUT2D eigenvalue weighted by molar-refractivity contribution is 0.259. The molecule has 0 bridgehead atoms. The number of nitrogens with two attached hydrogens (primary N) is 1. The van der Waals surface area contributed by atoms with Gasteiger partial charge in [0.1, 0.15) is 0 Å². The Kier molecular flexibility index (Phi) is 4.99. The molecule has 5 nitrogen and oxygen atoms in total. The molecule has 2 aliphatic rings. The summed E-state index contributed by atoms with van der Waals surface area (Å²) in [6.07, 6.45) is 5.71. The first-order chi connectivity index (χ1) is 10.8. The first kappa shape index (κ1) is 16.4. The fourth-order valence-electron chi connectivity index (χ4n) is 4.02. The van der Waals surface area contributed by atoms with Crippen molar-refractivity contribution >= 4 is 12.4 Å². The minimum atomic E-state index is 0. The average molecular weight is 334 g/mol. The van der Waals surface area contributed by atoms with Gasteiger partial charge < -0.3 is 5.73 Å². The number of benzene rings is 1. The Balaban J connectivity index is 0.00000156. The van der Waals surface area contributed by atoms with E-state index in [0.29, 0.717) is 12.0 Å². The number of likely N-dealkylation sites (tertiary alicyclic amines) is 1. The second-order valence-corrected chi connectivity index (χ2v) is 6.67. The maximum absolute atomic E-state index is 6.30. The first-order valence-corrected chi connectivity index (χ1v) is 8.24. The average Bonchev–Trinajstić information content (AvgIpc) is 3.16. The van der Waals surface area contributed by atoms with Gasteiger partial charge in [-0.1, -0.05) is 24.6 Å². The SMILES string of the molecule is Cl.NC1CCCC2CN(Cc3cnn(-c4ccccc4)n3)CC12. The van der Waals surface area contributed by atoms with Gasteiger partial charge in [-0.2, -0.15) is 15.0 Å². The molecule has 3 atom stereocenters. The zero-order chi connectivity index (χ0) is 14.9. The third kappa shape index (κ3) is 3.42. The van der Waals surface area contributed by atoms with Crippen LogP contribution in [0.15, 0.2) is 36.5 Å². The Morgan fingerprint density at radius 3 is 2.74 bits per heavy atom. The van der Waals surface area contributed by atoms with Crippen LogP contribution in [0.2, 0.25) is 0 Å². The van der Waals surface area contributed by atoms with Gasteiger partial charge in [0.15, 0.2) is 0 Å². The van der Waals surface area contributed by atoms with Crippen molar-refractivity contribution in [1.29, 1.82) is 0 Å². The third-order valence-corrected chi connectivity index (χ3v) is 5.14. The monoisotopic (exact) mass is 333 g/mol. The number of aromatic nitrogens is 3. The quantitative estimate of drug-likeness (QED) is 0.936. The van der Waals surface area contributed by atoms with Gasteiger partial charge in [-0.3, -0.25) is 4.90 Å². The summed E-state index contributed by atoms with van der Waals surface area (Å²) < 4.78 is 0. The van der Waals surface area contributed by atoms with Crippen molar-refractivity contribution in [3.8, 4) is 5.69 Å². The molecular formula is C17H24ClN5. The predicted molar refractivity (Wildman–Crippen MR) is 92.7 cm³/mol. The first-order valence-electron chi connectivity index (χ1n) is 8.24. The standard InChI is InChI=1S/C17H23N5.ClH/c18-17-8-4-5-13-10-21(12-16(13)17)11-14-9-19-22(20-14)15-6-2-1-3-7-15;/h1-3,6-7,9,13,16-17H,4-5,8,10-12,18H2;1H. The van der Waals surface area contributed by atoms with E-state index in [4.69, 9.17) is 5.73 Å². The van der Waals surface area contributed by atoms with Crippen molar-refractivity contribution in [2.24, 2.45) is 17.6 Å². The summed E-state index contributed by atoms with van der Waals surface area (Å²) in [5, 5.41) is 9.00. The van der Waals surface area contributed by atoms with Gasteiger partial charge in [-0.05, 0) is 36.8 Å². The highest BCUT2D eigenvalue weighted by atomic mass is 35.5. The van der Waals surface area contributed by atoms with Crippen molar-refractivity contribution in [3.05, 3.63) is 42.2 Å². The molecule has 0 amide bonds. The van der Waals surface area contributed by atoms with Crippen LogP contribution in [0, 0.1) is 11.8 Å². The molecule has 23 heavy (non-hydrogen) atoms. The van der Waals surface area contributed by atoms with E-state index in [0.717, 1.165) is 36.9 Å². The number of nitrogens with zero attached hydrogens (tertiary/aromatic N) is 4. The van der Waals surface area contributed by atoms with Gasteiger partial charge in [0, 0.05) is 25.7 Å². The summed E-state index contributed by atoms with van der Waals surface area (Å²) in [4.78, 5) is 4.21. The molecule has 3 unspecified atom stereocenters. The Morgan fingerprint density at radius 2 is 1.96 bits per heavy atom. The molecule has 1 saturated heterocycles. The van der Waals surface area contributed by atoms with Crippen LogP contribution in [-0.4, -0.2) is 39.0 Å². The Bertz CT molecular complexity index is 629. The van der Waals surface area contributed by atoms with E-state index in [9.17, 15) is 0 Å². The molecule has 2 aromatic rings. The van der Waals surface area contributed by atoms with E-state index in [1.807, 2.05) is 36.5 Å². The molecule has 1 aromatic carbocycles. The van der Waals surface area contributed by atoms with Crippen LogP contribution >= 0.6 is 12.4 Å². The normalized spacial score (nSPS) is 27.4. The largest absolute Gasteiger partial charge is 0.327 e. The van der Waals surface area contributed by atoms with Crippen molar-refractivity contribution in [2.45, 2.75) is 31.8 Å². The summed E-state index contributed by atoms with van der Waals surface area (Å²) >= 11 is 0. The van der Waals surface area contributed by atoms with E-state index in [1.54, 1.807) is 4.80 Å². The zero-order valence-corrected chi connectivity index (χ0v) is 14.0. The second kappa shape index (κ2) is 6.99. The number of hydrogen-bond acceptors (Lipinski definition) is 4. The molecule has 2 heterocycles. The Hall–Kier alpha value is -1.43. The number of fused-ring (bicyclic) bond motifs is 1. The van der Waals surface area contributed by atoms with Crippen molar-refractivity contribution in [2.75, 3.05) is 13.1 Å². The van der Waals surface area contributed by atoms with E-state index >= 15 is 0 Å². The highest BCUT2D eigenvalue weighted by molar-refractivity contribution is 5.85. The second-order valence-electron chi connectivity index (χ2n) is 6.67. The Labute approximate surface area is 143 Å². The van der Waals surface area contributed by atoms with E-state index in [-0.39, 0.29) is 12.4 Å². The zero-order valence-electron chi connectivity index (χ0n) is 13.2. The molecule has 1 saturated carbocycles. The van der Waals surface area contributed by atoms with E-state index in [2.05, 4.69) is 15.1 Å². The smallest absolute Gasteiger partial charge is 0.0971 e. The highest BCUT2D eigenvalue weighted by Crippen LogP contribution is 2.35. The molecule has 0 spiro atoms. The molecule has 1 aliphatic carbocycles. The lowest BCUT2D eigenvalue weighted by Gasteiger charge is -2.29. The fraction of sp³-hybridized carbons (Fsp3) is 0.529. The van der Waals surface area contributed by atoms with Crippen LogP contribution in [0.3, 0.4) is 0 Å². The molecule has 124 valence electrons. The van der Waals surface area contributed by atoms with Gasteiger partial charge in [-0.25, -0.2) is 0 Å². The van der Waals surface area contributed by atoms with Crippen LogP contribution in [0.25, 0.3) is 5.69 Å². The summed E-state index contributed by atoms with van der Waals surface area (Å²) in [5.41, 5.74) is 8.34. The summed E-state index contributed by atoms with van der Waals surface area (Å²) in [7, 11) is 0. The van der Waals surface area contributed by atoms with Gasteiger partial charge in [0.25, 0.3) is 0 Å². The maximum Gasteiger partial charge on any atom is 0.0971 e. The van der Waals surface area contributed by atoms with Gasteiger partial charge in [0.05, 0.1) is 17.6 Å². The number of para-hydroxylation sites is 1. The number of halogens is 1. The minimum Gasteiger partial charge on any atom is -0.327 e. The molecule has 6 heteroatoms. The molecule has 2 N–H and O–H groups in total. The molecule has 1 aliphatic heterocycles. The van der Waals surface area contributed by atoms with Gasteiger partial charge in [-0.15, -0.1) is 12.4 Å². The highest BCUT2D eigenvalue weighted by Gasteiger charge is 2.38. The molecule has 0 radical (unpaired) electrons. The molecular weight excluding hydrogens is 310 g/mol. The minimum absolute atomic E-state index is 0. The van der Waals surface area contributed by atoms with Crippen LogP contribution in [0.1, 0.15) is 25.0 Å². The third-order valence-electron chi connectivity index (χ3n) is 5.14. The van der Waals surface area contributed by atoms with Crippen LogP contribution in [0.4, 0.5) is 0 Å². The summed E-state index contributed by atoms with van der Waals surface area (Å²) in [6.45, 7) is 3.16. The number of hydrogen-bond donors (Lipinski definition) is 1. The van der Waals surface area contributed by atoms with Gasteiger partial charge >= 0.3 is 0 Å². The van der Waals surface area contributed by atoms with Crippen molar-refractivity contribution < 1.29 is 0 Å². The van der Waals surface area contributed by atoms with Crippen LogP contribution in [-0.2, 0) is 6.54 Å². The predicted octanol–water partition coefficient (Wildman–Crippen LogP) is 2.25. The fourth-order valence-corrected chi connectivity index (χ4v) is 4.02. The van der Waals surface area contributed by atoms with Crippen LogP contribution < -0.4 is 5.73 Å². The maximum atomic E-state index is 6.30. The lowest BCUT2D eigenvalue weighted by atomic mass is 9.78. The summed E-state index contributed by atoms with van der Waals surface area (Å²) in [5.74, 6) is 1.46. The Morgan fingerprint density at radius 1 is 1.13 bits per heavy atom. The van der Waals surface area contributed by atoms with Crippen molar-refractivity contribution in [3.63, 3.8) is 0 Å². The number of rotatable bonds is 3. The topological polar surface area (TPSA) is 60.0 Å². The van der Waals surface area contributed by atoms with E-state index < -0.39 is 0 Å². The molecule has 2 fully saturated rings. The molecule has 4 rings (SSSR count). The summed E-state index contributed by atoms with van der Waals surface area (Å²) in [6, 6.07) is 10.4. The molecule has 1 aromatic heterocycles. The lowest BCUT2D eigenvalue weighted by Crippen LogP contribution is -2.38. The van der Waals surface area contributed by atoms with E-state index in [1.165, 1.54) is 19.3 Å². The van der Waals surface area contributed by atoms with Crippen LogP contribution in [0.5, 0.6) is 0 Å². The van der Waals surface area contributed by atoms with Gasteiger partial charge in [0.2, 0.25) is 0 Å². The van der Waals surface area contributed by atoms with Crippen molar-refractivity contribution in [1.82, 2.24) is 19.9 Å².